The van der Waals surface area contributed by atoms with Crippen molar-refractivity contribution >= 4 is 17.7 Å². The molecular weight excluding hydrogens is 280 g/mol. The summed E-state index contributed by atoms with van der Waals surface area (Å²) < 4.78 is 0.226. The SMILES string of the molecule is CN=C(NCCCN(C(C)C)C(C)C)NCC(C)(C)SC. The number of guanidine groups is 1. The third-order valence-corrected chi connectivity index (χ3v) is 4.92. The summed E-state index contributed by atoms with van der Waals surface area (Å²) in [7, 11) is 1.83. The van der Waals surface area contributed by atoms with Gasteiger partial charge in [0.15, 0.2) is 5.96 Å². The summed E-state index contributed by atoms with van der Waals surface area (Å²) in [5.41, 5.74) is 0. The van der Waals surface area contributed by atoms with E-state index in [0.29, 0.717) is 12.1 Å². The van der Waals surface area contributed by atoms with Gasteiger partial charge < -0.3 is 10.6 Å². The quantitative estimate of drug-likeness (QED) is 0.390. The maximum atomic E-state index is 4.28. The van der Waals surface area contributed by atoms with Crippen LogP contribution in [0.5, 0.6) is 0 Å². The summed E-state index contributed by atoms with van der Waals surface area (Å²) in [6, 6.07) is 1.20. The molecule has 0 bridgehead atoms. The maximum Gasteiger partial charge on any atom is 0.191 e. The van der Waals surface area contributed by atoms with E-state index in [1.54, 1.807) is 0 Å². The van der Waals surface area contributed by atoms with Crippen molar-refractivity contribution in [1.82, 2.24) is 15.5 Å². The lowest BCUT2D eigenvalue weighted by Crippen LogP contribution is -2.44. The fourth-order valence-electron chi connectivity index (χ4n) is 2.17. The second-order valence-corrected chi connectivity index (χ2v) is 8.11. The van der Waals surface area contributed by atoms with Crippen LogP contribution in [-0.2, 0) is 0 Å². The first kappa shape index (κ1) is 20.6. The molecule has 0 unspecified atom stereocenters. The van der Waals surface area contributed by atoms with Crippen LogP contribution in [0.4, 0.5) is 0 Å². The first-order chi connectivity index (χ1) is 9.73. The molecular formula is C16H36N4S. The summed E-state index contributed by atoms with van der Waals surface area (Å²) in [5, 5.41) is 6.80. The Hall–Kier alpha value is -0.420. The van der Waals surface area contributed by atoms with Gasteiger partial charge in [0, 0.05) is 43.5 Å². The van der Waals surface area contributed by atoms with Gasteiger partial charge in [-0.1, -0.05) is 0 Å². The summed E-state index contributed by atoms with van der Waals surface area (Å²) in [6.07, 6.45) is 3.27. The lowest BCUT2D eigenvalue weighted by molar-refractivity contribution is 0.173. The third-order valence-electron chi connectivity index (χ3n) is 3.67. The molecule has 0 saturated heterocycles. The summed E-state index contributed by atoms with van der Waals surface area (Å²) in [5.74, 6) is 0.901. The zero-order valence-electron chi connectivity index (χ0n) is 15.3. The average molecular weight is 317 g/mol. The molecule has 4 nitrogen and oxygen atoms in total. The van der Waals surface area contributed by atoms with Crippen LogP contribution in [0.1, 0.15) is 48.0 Å². The highest BCUT2D eigenvalue weighted by molar-refractivity contribution is 7.99. The predicted molar refractivity (Wildman–Crippen MR) is 98.6 cm³/mol. The van der Waals surface area contributed by atoms with Crippen molar-refractivity contribution in [2.75, 3.05) is 32.9 Å². The van der Waals surface area contributed by atoms with Crippen LogP contribution in [0, 0.1) is 0 Å². The lowest BCUT2D eigenvalue weighted by atomic mass is 10.2. The van der Waals surface area contributed by atoms with Gasteiger partial charge in [-0.25, -0.2) is 0 Å². The minimum Gasteiger partial charge on any atom is -0.356 e. The highest BCUT2D eigenvalue weighted by Gasteiger charge is 2.16. The summed E-state index contributed by atoms with van der Waals surface area (Å²) >= 11 is 1.87. The van der Waals surface area contributed by atoms with Crippen LogP contribution in [0.3, 0.4) is 0 Å². The number of thioether (sulfide) groups is 1. The van der Waals surface area contributed by atoms with Crippen LogP contribution in [0.25, 0.3) is 0 Å². The van der Waals surface area contributed by atoms with Gasteiger partial charge in [-0.2, -0.15) is 11.8 Å². The number of hydrogen-bond donors (Lipinski definition) is 2. The van der Waals surface area contributed by atoms with Crippen molar-refractivity contribution in [3.63, 3.8) is 0 Å². The van der Waals surface area contributed by atoms with Crippen molar-refractivity contribution in [2.45, 2.75) is 64.8 Å². The molecule has 0 aromatic carbocycles. The second kappa shape index (κ2) is 10.3. The molecule has 0 fully saturated rings. The molecule has 5 heteroatoms. The Morgan fingerprint density at radius 1 is 1.14 bits per heavy atom. The van der Waals surface area contributed by atoms with Crippen LogP contribution in [0.15, 0.2) is 4.99 Å². The van der Waals surface area contributed by atoms with E-state index in [1.807, 2.05) is 18.8 Å². The van der Waals surface area contributed by atoms with Gasteiger partial charge in [-0.05, 0) is 54.2 Å². The Balaban J connectivity index is 4.03. The minimum absolute atomic E-state index is 0.226. The molecule has 0 saturated carbocycles. The van der Waals surface area contributed by atoms with E-state index in [2.05, 4.69) is 68.3 Å². The van der Waals surface area contributed by atoms with Gasteiger partial charge in [0.2, 0.25) is 0 Å². The van der Waals surface area contributed by atoms with Crippen molar-refractivity contribution in [1.29, 1.82) is 0 Å². The molecule has 126 valence electrons. The fraction of sp³-hybridized carbons (Fsp3) is 0.938. The minimum atomic E-state index is 0.226. The Morgan fingerprint density at radius 3 is 2.14 bits per heavy atom. The standard InChI is InChI=1S/C16H36N4S/c1-13(2)20(14(3)4)11-9-10-18-15(17-7)19-12-16(5,6)21-8/h13-14H,9-12H2,1-8H3,(H2,17,18,19). The smallest absolute Gasteiger partial charge is 0.191 e. The van der Waals surface area contributed by atoms with Gasteiger partial charge in [0.25, 0.3) is 0 Å². The average Bonchev–Trinajstić information content (AvgIpc) is 2.41. The van der Waals surface area contributed by atoms with Crippen molar-refractivity contribution in [2.24, 2.45) is 4.99 Å². The van der Waals surface area contributed by atoms with Crippen LogP contribution in [-0.4, -0.2) is 60.6 Å². The highest BCUT2D eigenvalue weighted by Crippen LogP contribution is 2.19. The zero-order chi connectivity index (χ0) is 16.5. The van der Waals surface area contributed by atoms with E-state index in [1.165, 1.54) is 0 Å². The molecule has 0 aliphatic heterocycles. The van der Waals surface area contributed by atoms with Gasteiger partial charge >= 0.3 is 0 Å². The van der Waals surface area contributed by atoms with Crippen molar-refractivity contribution in [3.8, 4) is 0 Å². The molecule has 0 rings (SSSR count). The Morgan fingerprint density at radius 2 is 1.71 bits per heavy atom. The molecule has 2 N–H and O–H groups in total. The monoisotopic (exact) mass is 316 g/mol. The first-order valence-electron chi connectivity index (χ1n) is 7.99. The molecule has 0 heterocycles. The van der Waals surface area contributed by atoms with E-state index in [9.17, 15) is 0 Å². The van der Waals surface area contributed by atoms with E-state index in [0.717, 1.165) is 32.0 Å². The van der Waals surface area contributed by atoms with Crippen LogP contribution >= 0.6 is 11.8 Å². The summed E-state index contributed by atoms with van der Waals surface area (Å²) in [6.45, 7) is 16.5. The number of nitrogens with zero attached hydrogens (tertiary/aromatic N) is 2. The number of hydrogen-bond acceptors (Lipinski definition) is 3. The molecule has 0 aliphatic carbocycles. The van der Waals surface area contributed by atoms with E-state index >= 15 is 0 Å². The molecule has 0 aromatic rings. The van der Waals surface area contributed by atoms with E-state index in [4.69, 9.17) is 0 Å². The van der Waals surface area contributed by atoms with E-state index in [-0.39, 0.29) is 4.75 Å². The second-order valence-electron chi connectivity index (χ2n) is 6.60. The molecule has 0 spiro atoms. The molecule has 0 atom stereocenters. The number of nitrogens with one attached hydrogen (secondary N) is 2. The van der Waals surface area contributed by atoms with Crippen molar-refractivity contribution < 1.29 is 0 Å². The van der Waals surface area contributed by atoms with Crippen LogP contribution in [0.2, 0.25) is 0 Å². The van der Waals surface area contributed by atoms with Gasteiger partial charge in [0.05, 0.1) is 0 Å². The third kappa shape index (κ3) is 9.25. The number of aliphatic imine (C=N–C) groups is 1. The maximum absolute atomic E-state index is 4.28. The highest BCUT2D eigenvalue weighted by atomic mass is 32.2. The summed E-state index contributed by atoms with van der Waals surface area (Å²) in [4.78, 5) is 6.81. The fourth-order valence-corrected chi connectivity index (χ4v) is 2.39. The Labute approximate surface area is 136 Å². The predicted octanol–water partition coefficient (Wildman–Crippen LogP) is 2.80. The van der Waals surface area contributed by atoms with Crippen LogP contribution < -0.4 is 10.6 Å². The Bertz CT molecular complexity index is 293. The van der Waals surface area contributed by atoms with E-state index < -0.39 is 0 Å². The van der Waals surface area contributed by atoms with Gasteiger partial charge in [0.1, 0.15) is 0 Å². The molecule has 0 aromatic heterocycles. The van der Waals surface area contributed by atoms with Crippen molar-refractivity contribution in [3.05, 3.63) is 0 Å². The Kier molecular flexibility index (Phi) is 10.1. The van der Waals surface area contributed by atoms with Gasteiger partial charge in [-0.3, -0.25) is 9.89 Å². The first-order valence-corrected chi connectivity index (χ1v) is 9.21. The molecule has 0 radical (unpaired) electrons. The molecule has 0 aliphatic rings. The molecule has 21 heavy (non-hydrogen) atoms. The van der Waals surface area contributed by atoms with Gasteiger partial charge in [-0.15, -0.1) is 0 Å². The largest absolute Gasteiger partial charge is 0.356 e. The topological polar surface area (TPSA) is 39.7 Å². The normalized spacial score (nSPS) is 13.4. The molecule has 0 amide bonds. The lowest BCUT2D eigenvalue weighted by Gasteiger charge is -2.30. The number of rotatable bonds is 9. The zero-order valence-corrected chi connectivity index (χ0v) is 16.1.